The molecule has 0 spiro atoms. The number of nitrogens with zero attached hydrogens (tertiary/aromatic N) is 2. The summed E-state index contributed by atoms with van der Waals surface area (Å²) in [4.78, 5) is 53.3. The van der Waals surface area contributed by atoms with Gasteiger partial charge >= 0.3 is 12.0 Å². The minimum absolute atomic E-state index is 0.000505. The molecule has 11 heteroatoms. The van der Waals surface area contributed by atoms with Crippen LogP contribution in [-0.2, 0) is 19.1 Å². The number of carbonyl (C=O) groups excluding carboxylic acids is 4. The van der Waals surface area contributed by atoms with Crippen LogP contribution in [0.15, 0.2) is 18.2 Å². The lowest BCUT2D eigenvalue weighted by Crippen LogP contribution is -2.52. The molecule has 1 aromatic carbocycles. The number of carbonyl (C=O) groups is 4. The monoisotopic (exact) mass is 498 g/mol. The third kappa shape index (κ3) is 6.51. The van der Waals surface area contributed by atoms with Crippen LogP contribution in [0.4, 0.5) is 10.5 Å². The molecule has 0 aromatic heterocycles. The van der Waals surface area contributed by atoms with Crippen LogP contribution in [0.25, 0.3) is 0 Å². The van der Waals surface area contributed by atoms with Gasteiger partial charge in [-0.1, -0.05) is 23.2 Å². The number of hydrogen-bond donors (Lipinski definition) is 2. The Balaban J connectivity index is 1.59. The first kappa shape index (κ1) is 25.1. The van der Waals surface area contributed by atoms with E-state index in [1.54, 1.807) is 31.7 Å². The van der Waals surface area contributed by atoms with Crippen molar-refractivity contribution in [3.05, 3.63) is 28.2 Å². The first-order valence-electron chi connectivity index (χ1n) is 10.7. The molecule has 2 fully saturated rings. The molecule has 2 N–H and O–H groups in total. The summed E-state index contributed by atoms with van der Waals surface area (Å²) in [5.41, 5.74) is -1.35. The lowest BCUT2D eigenvalue weighted by Gasteiger charge is -2.36. The van der Waals surface area contributed by atoms with Gasteiger partial charge in [-0.15, -0.1) is 0 Å². The molecule has 9 nitrogen and oxygen atoms in total. The normalized spacial score (nSPS) is 21.0. The maximum absolute atomic E-state index is 12.9. The molecule has 2 heterocycles. The van der Waals surface area contributed by atoms with Crippen molar-refractivity contribution in [2.75, 3.05) is 31.1 Å². The summed E-state index contributed by atoms with van der Waals surface area (Å²) in [6.45, 7) is 7.31. The Morgan fingerprint density at radius 1 is 1.06 bits per heavy atom. The van der Waals surface area contributed by atoms with Crippen molar-refractivity contribution in [2.24, 2.45) is 0 Å². The predicted molar refractivity (Wildman–Crippen MR) is 124 cm³/mol. The molecule has 0 aliphatic carbocycles. The van der Waals surface area contributed by atoms with Gasteiger partial charge in [-0.2, -0.15) is 0 Å². The second-order valence-electron chi connectivity index (χ2n) is 9.25. The summed E-state index contributed by atoms with van der Waals surface area (Å²) in [6, 6.07) is 4.63. The highest BCUT2D eigenvalue weighted by Crippen LogP contribution is 2.27. The zero-order valence-corrected chi connectivity index (χ0v) is 20.4. The summed E-state index contributed by atoms with van der Waals surface area (Å²) >= 11 is 12.2. The number of esters is 1. The van der Waals surface area contributed by atoms with Crippen molar-refractivity contribution >= 4 is 52.7 Å². The number of nitrogens with one attached hydrogen (secondary N) is 2. The minimum atomic E-state index is -1.51. The van der Waals surface area contributed by atoms with E-state index < -0.39 is 29.0 Å². The van der Waals surface area contributed by atoms with E-state index in [9.17, 15) is 19.2 Å². The van der Waals surface area contributed by atoms with Gasteiger partial charge in [0.2, 0.25) is 5.91 Å². The number of urea groups is 1. The summed E-state index contributed by atoms with van der Waals surface area (Å²) < 4.78 is 5.31. The fourth-order valence-corrected chi connectivity index (χ4v) is 4.47. The molecule has 0 bridgehead atoms. The molecule has 2 saturated heterocycles. The number of amides is 4. The van der Waals surface area contributed by atoms with E-state index in [-0.39, 0.29) is 25.2 Å². The Labute approximate surface area is 202 Å². The predicted octanol–water partition coefficient (Wildman–Crippen LogP) is 2.73. The van der Waals surface area contributed by atoms with Crippen LogP contribution in [0.5, 0.6) is 0 Å². The molecule has 2 aliphatic heterocycles. The highest BCUT2D eigenvalue weighted by atomic mass is 35.5. The molecular weight excluding hydrogens is 471 g/mol. The molecular formula is C22H28Cl2N4O5. The van der Waals surface area contributed by atoms with Crippen molar-refractivity contribution in [2.45, 2.75) is 51.2 Å². The lowest BCUT2D eigenvalue weighted by atomic mass is 9.89. The van der Waals surface area contributed by atoms with Crippen molar-refractivity contribution in [3.63, 3.8) is 0 Å². The Bertz CT molecular complexity index is 936. The number of halogens is 2. The van der Waals surface area contributed by atoms with Crippen LogP contribution in [0, 0.1) is 0 Å². The summed E-state index contributed by atoms with van der Waals surface area (Å²) in [6.07, 6.45) is -0.356. The minimum Gasteiger partial charge on any atom is -0.460 e. The summed E-state index contributed by atoms with van der Waals surface area (Å²) in [7, 11) is 0. The van der Waals surface area contributed by atoms with E-state index in [1.807, 2.05) is 12.1 Å². The van der Waals surface area contributed by atoms with Crippen molar-refractivity contribution in [1.82, 2.24) is 15.5 Å². The highest BCUT2D eigenvalue weighted by molar-refractivity contribution is 6.35. The van der Waals surface area contributed by atoms with E-state index in [0.29, 0.717) is 36.2 Å². The second kappa shape index (κ2) is 9.77. The third-order valence-electron chi connectivity index (χ3n) is 5.49. The smallest absolute Gasteiger partial charge is 0.322 e. The van der Waals surface area contributed by atoms with E-state index in [0.717, 1.165) is 5.69 Å². The fraction of sp³-hybridized carbons (Fsp3) is 0.545. The molecule has 33 heavy (non-hydrogen) atoms. The van der Waals surface area contributed by atoms with Gasteiger partial charge in [0, 0.05) is 48.3 Å². The molecule has 3 rings (SSSR count). The van der Waals surface area contributed by atoms with E-state index in [1.165, 1.54) is 0 Å². The Hall–Kier alpha value is -2.52. The molecule has 0 saturated carbocycles. The van der Waals surface area contributed by atoms with Gasteiger partial charge in [0.1, 0.15) is 11.1 Å². The number of hydrogen-bond acceptors (Lipinski definition) is 6. The molecule has 1 atom stereocenters. The molecule has 2 aliphatic rings. The lowest BCUT2D eigenvalue weighted by molar-refractivity contribution is -0.158. The quantitative estimate of drug-likeness (QED) is 0.461. The van der Waals surface area contributed by atoms with E-state index >= 15 is 0 Å². The zero-order valence-electron chi connectivity index (χ0n) is 18.9. The fourth-order valence-electron chi connectivity index (χ4n) is 3.96. The molecule has 1 unspecified atom stereocenters. The van der Waals surface area contributed by atoms with Crippen molar-refractivity contribution in [1.29, 1.82) is 0 Å². The average Bonchev–Trinajstić information content (AvgIpc) is 2.97. The van der Waals surface area contributed by atoms with Crippen LogP contribution in [0.1, 0.15) is 40.0 Å². The van der Waals surface area contributed by atoms with Gasteiger partial charge < -0.3 is 19.9 Å². The van der Waals surface area contributed by atoms with Crippen LogP contribution >= 0.6 is 23.2 Å². The van der Waals surface area contributed by atoms with E-state index in [4.69, 9.17) is 27.9 Å². The molecule has 0 radical (unpaired) electrons. The first-order chi connectivity index (χ1) is 15.4. The van der Waals surface area contributed by atoms with Gasteiger partial charge in [0.15, 0.2) is 0 Å². The summed E-state index contributed by atoms with van der Waals surface area (Å²) in [5, 5.41) is 5.78. The third-order valence-corrected chi connectivity index (χ3v) is 5.93. The van der Waals surface area contributed by atoms with Crippen LogP contribution in [-0.4, -0.2) is 66.0 Å². The maximum atomic E-state index is 12.9. The number of rotatable bonds is 6. The van der Waals surface area contributed by atoms with Gasteiger partial charge in [0.25, 0.3) is 5.91 Å². The van der Waals surface area contributed by atoms with Gasteiger partial charge in [0.05, 0.1) is 6.42 Å². The topological polar surface area (TPSA) is 108 Å². The Morgan fingerprint density at radius 3 is 2.18 bits per heavy atom. The zero-order chi connectivity index (χ0) is 24.4. The Kier molecular flexibility index (Phi) is 7.43. The summed E-state index contributed by atoms with van der Waals surface area (Å²) in [5.74, 6) is -1.41. The van der Waals surface area contributed by atoms with Gasteiger partial charge in [-0.3, -0.25) is 19.7 Å². The van der Waals surface area contributed by atoms with Gasteiger partial charge in [-0.25, -0.2) is 4.79 Å². The van der Waals surface area contributed by atoms with E-state index in [2.05, 4.69) is 15.5 Å². The average molecular weight is 499 g/mol. The standard InChI is InChI=1S/C22H28Cl2N4O5/c1-21(2,3)33-18(30)13-22(19(31)25-20(32)26-22)5-4-17(29)28-8-6-27(7-9-28)16-11-14(23)10-15(24)12-16/h10-12H,4-9,13H2,1-3H3,(H2,25,26,31,32). The molecule has 4 amide bonds. The van der Waals surface area contributed by atoms with Gasteiger partial charge in [-0.05, 0) is 45.4 Å². The highest BCUT2D eigenvalue weighted by Gasteiger charge is 2.48. The maximum Gasteiger partial charge on any atom is 0.322 e. The van der Waals surface area contributed by atoms with Crippen molar-refractivity contribution < 1.29 is 23.9 Å². The number of benzene rings is 1. The van der Waals surface area contributed by atoms with Crippen LogP contribution in [0.3, 0.4) is 0 Å². The molecule has 1 aromatic rings. The number of ether oxygens (including phenoxy) is 1. The van der Waals surface area contributed by atoms with Crippen LogP contribution < -0.4 is 15.5 Å². The van der Waals surface area contributed by atoms with Crippen molar-refractivity contribution in [3.8, 4) is 0 Å². The largest absolute Gasteiger partial charge is 0.460 e. The SMILES string of the molecule is CC(C)(C)OC(=O)CC1(CCC(=O)N2CCN(c3cc(Cl)cc(Cl)c3)CC2)NC(=O)NC1=O. The number of piperazine rings is 1. The van der Waals surface area contributed by atoms with Crippen LogP contribution in [0.2, 0.25) is 10.0 Å². The first-order valence-corrected chi connectivity index (χ1v) is 11.5. The molecule has 180 valence electrons. The number of anilines is 1. The second-order valence-corrected chi connectivity index (χ2v) is 10.1. The Morgan fingerprint density at radius 2 is 1.67 bits per heavy atom. The number of imide groups is 1.